The van der Waals surface area contributed by atoms with Gasteiger partial charge in [0.05, 0.1) is 36.5 Å². The predicted molar refractivity (Wildman–Crippen MR) is 131 cm³/mol. The van der Waals surface area contributed by atoms with Crippen molar-refractivity contribution < 1.29 is 23.7 Å². The third-order valence-corrected chi connectivity index (χ3v) is 6.98. The van der Waals surface area contributed by atoms with Crippen LogP contribution >= 0.6 is 11.3 Å². The van der Waals surface area contributed by atoms with Gasteiger partial charge in [-0.05, 0) is 49.2 Å². The number of anilines is 1. The van der Waals surface area contributed by atoms with Gasteiger partial charge in [-0.15, -0.1) is 0 Å². The smallest absolute Gasteiger partial charge is 0.233 e. The fourth-order valence-electron chi connectivity index (χ4n) is 4.19. The van der Waals surface area contributed by atoms with E-state index >= 15 is 0 Å². The number of nitrogens with zero attached hydrogens (tertiary/aromatic N) is 3. The van der Waals surface area contributed by atoms with E-state index in [9.17, 15) is 4.79 Å². The normalized spacial score (nSPS) is 15.6. The lowest BCUT2D eigenvalue weighted by atomic mass is 10.1. The van der Waals surface area contributed by atoms with Crippen LogP contribution in [0.3, 0.4) is 0 Å². The molecule has 0 spiro atoms. The topological polar surface area (TPSA) is 73.4 Å². The van der Waals surface area contributed by atoms with Crippen LogP contribution in [-0.2, 0) is 16.0 Å². The van der Waals surface area contributed by atoms with Crippen molar-refractivity contribution in [3.63, 3.8) is 0 Å². The van der Waals surface area contributed by atoms with Gasteiger partial charge in [-0.3, -0.25) is 14.6 Å². The number of thiazole rings is 1. The molecular formula is C25H29N3O5S. The molecule has 2 aliphatic rings. The molecule has 1 aromatic heterocycles. The van der Waals surface area contributed by atoms with E-state index in [0.717, 1.165) is 71.7 Å². The van der Waals surface area contributed by atoms with Gasteiger partial charge < -0.3 is 18.9 Å². The molecule has 0 bridgehead atoms. The Morgan fingerprint density at radius 1 is 1.15 bits per heavy atom. The number of hydrogen-bond acceptors (Lipinski definition) is 8. The van der Waals surface area contributed by atoms with Gasteiger partial charge in [0.25, 0.3) is 0 Å². The van der Waals surface area contributed by atoms with Crippen LogP contribution in [0.15, 0.2) is 36.4 Å². The van der Waals surface area contributed by atoms with Crippen molar-refractivity contribution in [1.82, 2.24) is 9.88 Å². The molecular weight excluding hydrogens is 454 g/mol. The summed E-state index contributed by atoms with van der Waals surface area (Å²) in [4.78, 5) is 22.5. The number of hydrogen-bond donors (Lipinski definition) is 0. The van der Waals surface area contributed by atoms with Crippen LogP contribution in [0.5, 0.6) is 17.2 Å². The third kappa shape index (κ3) is 5.27. The Kier molecular flexibility index (Phi) is 7.13. The Morgan fingerprint density at radius 2 is 2.00 bits per heavy atom. The SMILES string of the molecule is CCOc1ccc2nc(N(CCCN3CCOCC3)C(=O)Cc3ccc4c(c3)OCO4)sc2c1. The predicted octanol–water partition coefficient (Wildman–Crippen LogP) is 3.72. The van der Waals surface area contributed by atoms with Gasteiger partial charge in [0, 0.05) is 26.2 Å². The molecule has 0 N–H and O–H groups in total. The second kappa shape index (κ2) is 10.6. The van der Waals surface area contributed by atoms with Crippen LogP contribution in [0.25, 0.3) is 10.2 Å². The molecule has 0 radical (unpaired) electrons. The lowest BCUT2D eigenvalue weighted by molar-refractivity contribution is -0.118. The molecule has 0 saturated carbocycles. The highest BCUT2D eigenvalue weighted by Gasteiger charge is 2.22. The molecule has 2 aromatic carbocycles. The van der Waals surface area contributed by atoms with Gasteiger partial charge >= 0.3 is 0 Å². The van der Waals surface area contributed by atoms with Gasteiger partial charge in [-0.2, -0.15) is 0 Å². The number of aromatic nitrogens is 1. The zero-order valence-electron chi connectivity index (χ0n) is 19.3. The van der Waals surface area contributed by atoms with Crippen LogP contribution in [0.4, 0.5) is 5.13 Å². The number of carbonyl (C=O) groups is 1. The summed E-state index contributed by atoms with van der Waals surface area (Å²) in [5.74, 6) is 2.24. The molecule has 0 atom stereocenters. The monoisotopic (exact) mass is 483 g/mol. The summed E-state index contributed by atoms with van der Waals surface area (Å²) in [7, 11) is 0. The molecule has 34 heavy (non-hydrogen) atoms. The Labute approximate surface area is 203 Å². The molecule has 5 rings (SSSR count). The minimum Gasteiger partial charge on any atom is -0.494 e. The van der Waals surface area contributed by atoms with E-state index in [1.165, 1.54) is 11.3 Å². The molecule has 1 amide bonds. The maximum Gasteiger partial charge on any atom is 0.233 e. The summed E-state index contributed by atoms with van der Waals surface area (Å²) >= 11 is 1.53. The molecule has 1 saturated heterocycles. The summed E-state index contributed by atoms with van der Waals surface area (Å²) in [6.45, 7) is 7.75. The maximum atomic E-state index is 13.5. The van der Waals surface area contributed by atoms with Gasteiger partial charge in [-0.1, -0.05) is 17.4 Å². The summed E-state index contributed by atoms with van der Waals surface area (Å²) < 4.78 is 23.0. The van der Waals surface area contributed by atoms with Crippen molar-refractivity contribution in [1.29, 1.82) is 0 Å². The fourth-order valence-corrected chi connectivity index (χ4v) is 5.23. The molecule has 9 heteroatoms. The highest BCUT2D eigenvalue weighted by Crippen LogP contribution is 2.34. The van der Waals surface area contributed by atoms with Crippen LogP contribution in [0.1, 0.15) is 18.9 Å². The van der Waals surface area contributed by atoms with Gasteiger partial charge in [0.2, 0.25) is 12.7 Å². The zero-order chi connectivity index (χ0) is 23.3. The van der Waals surface area contributed by atoms with E-state index in [1.54, 1.807) is 0 Å². The number of benzene rings is 2. The standard InChI is InChI=1S/C25H29N3O5S/c1-2-31-19-5-6-20-23(16-19)34-25(26-20)28(9-3-8-27-10-12-30-13-11-27)24(29)15-18-4-7-21-22(14-18)33-17-32-21/h4-7,14,16H,2-3,8-13,15,17H2,1H3. The minimum absolute atomic E-state index is 0.0185. The molecule has 180 valence electrons. The van der Waals surface area contributed by atoms with Crippen LogP contribution < -0.4 is 19.1 Å². The zero-order valence-corrected chi connectivity index (χ0v) is 20.1. The van der Waals surface area contributed by atoms with Gasteiger partial charge in [0.15, 0.2) is 16.6 Å². The number of ether oxygens (including phenoxy) is 4. The van der Waals surface area contributed by atoms with Gasteiger partial charge in [-0.25, -0.2) is 4.98 Å². The van der Waals surface area contributed by atoms with Crippen molar-refractivity contribution in [2.45, 2.75) is 19.8 Å². The van der Waals surface area contributed by atoms with Crippen LogP contribution in [0, 0.1) is 0 Å². The molecule has 1 fully saturated rings. The Hall–Kier alpha value is -2.88. The number of amides is 1. The van der Waals surface area contributed by atoms with E-state index in [4.69, 9.17) is 23.9 Å². The molecule has 3 aromatic rings. The lowest BCUT2D eigenvalue weighted by Crippen LogP contribution is -2.39. The second-order valence-electron chi connectivity index (χ2n) is 8.28. The fraction of sp³-hybridized carbons (Fsp3) is 0.440. The van der Waals surface area contributed by atoms with Crippen molar-refractivity contribution in [2.75, 3.05) is 57.7 Å². The quantitative estimate of drug-likeness (QED) is 0.459. The highest BCUT2D eigenvalue weighted by atomic mass is 32.1. The number of rotatable bonds is 9. The van der Waals surface area contributed by atoms with Crippen LogP contribution in [0.2, 0.25) is 0 Å². The molecule has 8 nitrogen and oxygen atoms in total. The molecule has 3 heterocycles. The summed E-state index contributed by atoms with van der Waals surface area (Å²) in [6, 6.07) is 11.5. The van der Waals surface area contributed by atoms with Crippen molar-refractivity contribution in [3.8, 4) is 17.2 Å². The first-order chi connectivity index (χ1) is 16.7. The first-order valence-electron chi connectivity index (χ1n) is 11.7. The summed E-state index contributed by atoms with van der Waals surface area (Å²) in [5.41, 5.74) is 1.77. The van der Waals surface area contributed by atoms with Crippen molar-refractivity contribution in [2.24, 2.45) is 0 Å². The Bertz CT molecular complexity index is 1140. The lowest BCUT2D eigenvalue weighted by Gasteiger charge is -2.27. The maximum absolute atomic E-state index is 13.5. The van der Waals surface area contributed by atoms with E-state index in [2.05, 4.69) is 4.90 Å². The number of fused-ring (bicyclic) bond motifs is 2. The second-order valence-corrected chi connectivity index (χ2v) is 9.29. The largest absolute Gasteiger partial charge is 0.494 e. The van der Waals surface area contributed by atoms with Gasteiger partial charge in [0.1, 0.15) is 5.75 Å². The van der Waals surface area contributed by atoms with E-state index in [0.29, 0.717) is 18.9 Å². The third-order valence-electron chi connectivity index (χ3n) is 5.94. The minimum atomic E-state index is 0.0185. The van der Waals surface area contributed by atoms with E-state index < -0.39 is 0 Å². The van der Waals surface area contributed by atoms with Crippen LogP contribution in [-0.4, -0.2) is 68.6 Å². The average molecular weight is 484 g/mol. The van der Waals surface area contributed by atoms with Crippen molar-refractivity contribution >= 4 is 32.6 Å². The molecule has 0 unspecified atom stereocenters. The first-order valence-corrected chi connectivity index (χ1v) is 12.5. The average Bonchev–Trinajstić information content (AvgIpc) is 3.49. The number of morpholine rings is 1. The molecule has 2 aliphatic heterocycles. The summed E-state index contributed by atoms with van der Waals surface area (Å²) in [5, 5.41) is 0.719. The van der Waals surface area contributed by atoms with E-state index in [-0.39, 0.29) is 19.1 Å². The number of carbonyl (C=O) groups excluding carboxylic acids is 1. The summed E-state index contributed by atoms with van der Waals surface area (Å²) in [6.07, 6.45) is 1.14. The first kappa shape index (κ1) is 22.9. The molecule has 0 aliphatic carbocycles. The highest BCUT2D eigenvalue weighted by molar-refractivity contribution is 7.22. The Morgan fingerprint density at radius 3 is 2.85 bits per heavy atom. The van der Waals surface area contributed by atoms with E-state index in [1.807, 2.05) is 48.2 Å². The Balaban J connectivity index is 1.34. The van der Waals surface area contributed by atoms with Crippen molar-refractivity contribution in [3.05, 3.63) is 42.0 Å².